The van der Waals surface area contributed by atoms with Gasteiger partial charge in [-0.05, 0) is 31.2 Å². The Hall–Kier alpha value is -0.960. The van der Waals surface area contributed by atoms with E-state index in [0.717, 1.165) is 24.1 Å². The fraction of sp³-hybridized carbons (Fsp3) is 0.733. The molecule has 1 aromatic rings. The summed E-state index contributed by atoms with van der Waals surface area (Å²) in [5.41, 5.74) is 1.11. The van der Waals surface area contributed by atoms with Crippen molar-refractivity contribution in [1.29, 1.82) is 0 Å². The zero-order chi connectivity index (χ0) is 12.8. The van der Waals surface area contributed by atoms with Crippen molar-refractivity contribution in [2.45, 2.75) is 52.0 Å². The fourth-order valence-corrected chi connectivity index (χ4v) is 3.21. The van der Waals surface area contributed by atoms with Crippen LogP contribution in [-0.4, -0.2) is 16.5 Å². The maximum atomic E-state index is 4.50. The lowest BCUT2D eigenvalue weighted by Gasteiger charge is -2.34. The molecule has 1 saturated carbocycles. The van der Waals surface area contributed by atoms with Crippen LogP contribution < -0.4 is 5.32 Å². The lowest BCUT2D eigenvalue weighted by Crippen LogP contribution is -2.32. The van der Waals surface area contributed by atoms with E-state index in [4.69, 9.17) is 0 Å². The number of rotatable bonds is 5. The Morgan fingerprint density at radius 1 is 1.33 bits per heavy atom. The Morgan fingerprint density at radius 3 is 2.89 bits per heavy atom. The fourth-order valence-electron chi connectivity index (χ4n) is 3.21. The molecule has 3 nitrogen and oxygen atoms in total. The molecule has 0 spiro atoms. The lowest BCUT2D eigenvalue weighted by atomic mass is 9.76. The Balaban J connectivity index is 2.09. The molecule has 1 fully saturated rings. The molecule has 0 bridgehead atoms. The third-order valence-electron chi connectivity index (χ3n) is 4.20. The lowest BCUT2D eigenvalue weighted by molar-refractivity contribution is 0.208. The summed E-state index contributed by atoms with van der Waals surface area (Å²) in [5, 5.41) is 3.61. The van der Waals surface area contributed by atoms with Gasteiger partial charge in [0.2, 0.25) is 0 Å². The van der Waals surface area contributed by atoms with E-state index in [9.17, 15) is 0 Å². The van der Waals surface area contributed by atoms with Crippen molar-refractivity contribution in [2.75, 3.05) is 6.54 Å². The SMILES string of the molecule is CCNC(c1cnccn1)C1CCCC(CC)C1. The highest BCUT2D eigenvalue weighted by molar-refractivity contribution is 5.05. The quantitative estimate of drug-likeness (QED) is 0.867. The molecule has 1 heterocycles. The van der Waals surface area contributed by atoms with E-state index >= 15 is 0 Å². The number of hydrogen-bond donors (Lipinski definition) is 1. The second-order valence-corrected chi connectivity index (χ2v) is 5.37. The highest BCUT2D eigenvalue weighted by atomic mass is 15.0. The Morgan fingerprint density at radius 2 is 2.22 bits per heavy atom. The van der Waals surface area contributed by atoms with Crippen LogP contribution in [-0.2, 0) is 0 Å². The van der Waals surface area contributed by atoms with Crippen LogP contribution in [0.25, 0.3) is 0 Å². The third-order valence-corrected chi connectivity index (χ3v) is 4.20. The Kier molecular flexibility index (Phi) is 5.12. The van der Waals surface area contributed by atoms with Gasteiger partial charge in [0.1, 0.15) is 0 Å². The minimum absolute atomic E-state index is 0.387. The van der Waals surface area contributed by atoms with Crippen LogP contribution in [0.5, 0.6) is 0 Å². The van der Waals surface area contributed by atoms with Crippen LogP contribution >= 0.6 is 0 Å². The zero-order valence-corrected chi connectivity index (χ0v) is 11.6. The smallest absolute Gasteiger partial charge is 0.0758 e. The molecule has 1 aliphatic carbocycles. The second-order valence-electron chi connectivity index (χ2n) is 5.37. The summed E-state index contributed by atoms with van der Waals surface area (Å²) in [6, 6.07) is 0.387. The number of hydrogen-bond acceptors (Lipinski definition) is 3. The molecule has 0 amide bonds. The standard InChI is InChI=1S/C15H25N3/c1-3-12-6-5-7-13(10-12)15(17-4-2)14-11-16-8-9-18-14/h8-9,11-13,15,17H,3-7,10H2,1-2H3. The zero-order valence-electron chi connectivity index (χ0n) is 11.6. The summed E-state index contributed by atoms with van der Waals surface area (Å²) in [6.07, 6.45) is 12.2. The van der Waals surface area contributed by atoms with Crippen LogP contribution in [0.3, 0.4) is 0 Å². The van der Waals surface area contributed by atoms with E-state index in [-0.39, 0.29) is 0 Å². The summed E-state index contributed by atoms with van der Waals surface area (Å²) in [4.78, 5) is 8.72. The first kappa shape index (κ1) is 13.5. The largest absolute Gasteiger partial charge is 0.309 e. The molecule has 0 aromatic carbocycles. The van der Waals surface area contributed by atoms with Crippen molar-refractivity contribution < 1.29 is 0 Å². The summed E-state index contributed by atoms with van der Waals surface area (Å²) in [7, 11) is 0. The van der Waals surface area contributed by atoms with E-state index in [1.165, 1.54) is 32.1 Å². The van der Waals surface area contributed by atoms with Crippen molar-refractivity contribution in [3.8, 4) is 0 Å². The van der Waals surface area contributed by atoms with E-state index in [0.29, 0.717) is 6.04 Å². The van der Waals surface area contributed by atoms with Crippen LogP contribution in [0.2, 0.25) is 0 Å². The van der Waals surface area contributed by atoms with E-state index in [1.807, 2.05) is 6.20 Å². The average Bonchev–Trinajstić information content (AvgIpc) is 2.46. The molecule has 0 radical (unpaired) electrons. The van der Waals surface area contributed by atoms with Gasteiger partial charge in [-0.25, -0.2) is 0 Å². The average molecular weight is 247 g/mol. The molecule has 0 saturated heterocycles. The van der Waals surface area contributed by atoms with Crippen molar-refractivity contribution in [3.63, 3.8) is 0 Å². The van der Waals surface area contributed by atoms with Gasteiger partial charge in [-0.2, -0.15) is 0 Å². The van der Waals surface area contributed by atoms with Gasteiger partial charge in [-0.1, -0.05) is 33.1 Å². The first-order valence-electron chi connectivity index (χ1n) is 7.34. The van der Waals surface area contributed by atoms with Crippen molar-refractivity contribution in [1.82, 2.24) is 15.3 Å². The van der Waals surface area contributed by atoms with Crippen LogP contribution in [0.1, 0.15) is 57.7 Å². The summed E-state index contributed by atoms with van der Waals surface area (Å²) in [6.45, 7) is 5.48. The van der Waals surface area contributed by atoms with Crippen LogP contribution in [0.15, 0.2) is 18.6 Å². The molecule has 1 aliphatic rings. The Bertz CT molecular complexity index is 339. The number of nitrogens with zero attached hydrogens (tertiary/aromatic N) is 2. The van der Waals surface area contributed by atoms with Gasteiger partial charge in [-0.3, -0.25) is 9.97 Å². The third kappa shape index (κ3) is 3.29. The summed E-state index contributed by atoms with van der Waals surface area (Å²) in [5.74, 6) is 1.63. The van der Waals surface area contributed by atoms with Gasteiger partial charge < -0.3 is 5.32 Å². The van der Waals surface area contributed by atoms with Crippen LogP contribution in [0.4, 0.5) is 0 Å². The molecule has 3 unspecified atom stereocenters. The number of nitrogens with one attached hydrogen (secondary N) is 1. The first-order valence-corrected chi connectivity index (χ1v) is 7.34. The van der Waals surface area contributed by atoms with E-state index in [2.05, 4.69) is 29.1 Å². The van der Waals surface area contributed by atoms with Gasteiger partial charge in [0.25, 0.3) is 0 Å². The van der Waals surface area contributed by atoms with Gasteiger partial charge >= 0.3 is 0 Å². The van der Waals surface area contributed by atoms with Gasteiger partial charge in [0, 0.05) is 18.6 Å². The minimum Gasteiger partial charge on any atom is -0.309 e. The molecule has 0 aliphatic heterocycles. The normalized spacial score (nSPS) is 25.9. The molecule has 3 heteroatoms. The maximum absolute atomic E-state index is 4.50. The summed E-state index contributed by atoms with van der Waals surface area (Å²) < 4.78 is 0. The highest BCUT2D eigenvalue weighted by Gasteiger charge is 2.29. The molecule has 1 N–H and O–H groups in total. The highest BCUT2D eigenvalue weighted by Crippen LogP contribution is 2.37. The first-order chi connectivity index (χ1) is 8.85. The van der Waals surface area contributed by atoms with Crippen molar-refractivity contribution >= 4 is 0 Å². The van der Waals surface area contributed by atoms with Crippen molar-refractivity contribution in [2.24, 2.45) is 11.8 Å². The van der Waals surface area contributed by atoms with Crippen molar-refractivity contribution in [3.05, 3.63) is 24.3 Å². The van der Waals surface area contributed by atoms with Gasteiger partial charge in [0.15, 0.2) is 0 Å². The minimum atomic E-state index is 0.387. The molecular formula is C15H25N3. The molecule has 100 valence electrons. The number of aromatic nitrogens is 2. The van der Waals surface area contributed by atoms with Gasteiger partial charge in [0.05, 0.1) is 11.7 Å². The molecule has 18 heavy (non-hydrogen) atoms. The predicted molar refractivity (Wildman–Crippen MR) is 74.2 cm³/mol. The molecule has 3 atom stereocenters. The summed E-state index contributed by atoms with van der Waals surface area (Å²) >= 11 is 0. The molecule has 2 rings (SSSR count). The molecule has 1 aromatic heterocycles. The second kappa shape index (κ2) is 6.83. The van der Waals surface area contributed by atoms with Crippen LogP contribution in [0, 0.1) is 11.8 Å². The van der Waals surface area contributed by atoms with E-state index < -0.39 is 0 Å². The van der Waals surface area contributed by atoms with Gasteiger partial charge in [-0.15, -0.1) is 0 Å². The maximum Gasteiger partial charge on any atom is 0.0758 e. The molecular weight excluding hydrogens is 222 g/mol. The van der Waals surface area contributed by atoms with E-state index in [1.54, 1.807) is 12.4 Å². The Labute approximate surface area is 110 Å². The predicted octanol–water partition coefficient (Wildman–Crippen LogP) is 3.34. The topological polar surface area (TPSA) is 37.8 Å². The monoisotopic (exact) mass is 247 g/mol.